The van der Waals surface area contributed by atoms with Gasteiger partial charge in [-0.1, -0.05) is 26.0 Å². The van der Waals surface area contributed by atoms with Gasteiger partial charge in [-0.15, -0.1) is 0 Å². The molecule has 1 heterocycles. The van der Waals surface area contributed by atoms with Crippen molar-refractivity contribution in [1.82, 2.24) is 5.32 Å². The Bertz CT molecular complexity index is 1150. The topological polar surface area (TPSA) is 67.4 Å². The normalized spacial score (nSPS) is 19.9. The lowest BCUT2D eigenvalue weighted by molar-refractivity contribution is -0.118. The molecule has 0 bridgehead atoms. The van der Waals surface area contributed by atoms with E-state index < -0.39 is 5.92 Å². The van der Waals surface area contributed by atoms with Crippen LogP contribution < -0.4 is 15.4 Å². The Labute approximate surface area is 187 Å². The Morgan fingerprint density at radius 3 is 2.56 bits per heavy atom. The summed E-state index contributed by atoms with van der Waals surface area (Å²) in [6, 6.07) is 13.1. The van der Waals surface area contributed by atoms with Crippen LogP contribution in [0, 0.1) is 11.2 Å². The van der Waals surface area contributed by atoms with E-state index in [9.17, 15) is 14.0 Å². The van der Waals surface area contributed by atoms with Gasteiger partial charge in [0.1, 0.15) is 11.6 Å². The lowest BCUT2D eigenvalue weighted by Gasteiger charge is -2.39. The van der Waals surface area contributed by atoms with E-state index >= 15 is 0 Å². The summed E-state index contributed by atoms with van der Waals surface area (Å²) < 4.78 is 18.7. The first-order valence-electron chi connectivity index (χ1n) is 10.6. The fraction of sp³-hybridized carbons (Fsp3) is 0.308. The molecular weight excluding hydrogens is 407 g/mol. The molecule has 166 valence electrons. The van der Waals surface area contributed by atoms with E-state index in [1.807, 2.05) is 31.2 Å². The third-order valence-electron chi connectivity index (χ3n) is 6.01. The summed E-state index contributed by atoms with van der Waals surface area (Å²) in [5.41, 5.74) is 3.81. The number of amides is 1. The second-order valence-corrected chi connectivity index (χ2v) is 9.17. The number of Topliss-reactive ketones (excluding diaryl/α,β-unsaturated/α-hetero) is 1. The van der Waals surface area contributed by atoms with Crippen LogP contribution in [0.5, 0.6) is 5.75 Å². The van der Waals surface area contributed by atoms with Crippen LogP contribution in [0.3, 0.4) is 0 Å². The molecule has 6 heteroatoms. The van der Waals surface area contributed by atoms with Crippen molar-refractivity contribution in [3.8, 4) is 5.75 Å². The van der Waals surface area contributed by atoms with Gasteiger partial charge < -0.3 is 15.4 Å². The van der Waals surface area contributed by atoms with Crippen LogP contribution in [0.2, 0.25) is 0 Å². The summed E-state index contributed by atoms with van der Waals surface area (Å²) in [6.07, 6.45) is 1.14. The molecule has 0 unspecified atom stereocenters. The molecule has 1 amide bonds. The Balaban J connectivity index is 1.81. The van der Waals surface area contributed by atoms with Crippen molar-refractivity contribution in [2.75, 3.05) is 12.4 Å². The van der Waals surface area contributed by atoms with Gasteiger partial charge in [0.05, 0.1) is 7.11 Å². The van der Waals surface area contributed by atoms with Crippen LogP contribution >= 0.6 is 0 Å². The SMILES string of the molecule is COc1cccc([C@@H]2C(C(=O)Nc3ccc(F)cc3)=C(C)NC3=C2C(=O)CC(C)(C)C3)c1. The van der Waals surface area contributed by atoms with Gasteiger partial charge in [-0.05, 0) is 60.7 Å². The molecule has 0 radical (unpaired) electrons. The molecule has 2 aliphatic rings. The number of carbonyl (C=O) groups excluding carboxylic acids is 2. The average molecular weight is 435 g/mol. The number of carbonyl (C=O) groups is 2. The van der Waals surface area contributed by atoms with Crippen LogP contribution in [0.25, 0.3) is 0 Å². The third-order valence-corrected chi connectivity index (χ3v) is 6.01. The maximum Gasteiger partial charge on any atom is 0.254 e. The van der Waals surface area contributed by atoms with Gasteiger partial charge >= 0.3 is 0 Å². The first-order chi connectivity index (χ1) is 15.2. The molecule has 0 aromatic heterocycles. The minimum Gasteiger partial charge on any atom is -0.497 e. The number of nitrogens with one attached hydrogen (secondary N) is 2. The first-order valence-corrected chi connectivity index (χ1v) is 10.6. The predicted molar refractivity (Wildman–Crippen MR) is 122 cm³/mol. The van der Waals surface area contributed by atoms with Crippen molar-refractivity contribution in [2.45, 2.75) is 39.5 Å². The zero-order valence-corrected chi connectivity index (χ0v) is 18.7. The van der Waals surface area contributed by atoms with Crippen molar-refractivity contribution in [3.63, 3.8) is 0 Å². The number of ether oxygens (including phenoxy) is 1. The maximum atomic E-state index is 13.4. The number of dihydropyridines is 1. The molecule has 1 aliphatic heterocycles. The number of allylic oxidation sites excluding steroid dienone is 3. The third kappa shape index (κ3) is 4.17. The van der Waals surface area contributed by atoms with Crippen LogP contribution in [-0.4, -0.2) is 18.8 Å². The van der Waals surface area contributed by atoms with Crippen molar-refractivity contribution in [1.29, 1.82) is 0 Å². The Morgan fingerprint density at radius 1 is 1.16 bits per heavy atom. The predicted octanol–water partition coefficient (Wildman–Crippen LogP) is 5.08. The van der Waals surface area contributed by atoms with Gasteiger partial charge in [0.15, 0.2) is 5.78 Å². The highest BCUT2D eigenvalue weighted by molar-refractivity contribution is 6.10. The van der Waals surface area contributed by atoms with Crippen LogP contribution in [0.15, 0.2) is 71.1 Å². The van der Waals surface area contributed by atoms with Gasteiger partial charge in [-0.25, -0.2) is 4.39 Å². The Morgan fingerprint density at radius 2 is 1.88 bits per heavy atom. The lowest BCUT2D eigenvalue weighted by Crippen LogP contribution is -2.39. The number of halogens is 1. The average Bonchev–Trinajstić information content (AvgIpc) is 2.73. The van der Waals surface area contributed by atoms with E-state index in [0.29, 0.717) is 34.7 Å². The minimum atomic E-state index is -0.523. The largest absolute Gasteiger partial charge is 0.497 e. The highest BCUT2D eigenvalue weighted by Gasteiger charge is 2.42. The second-order valence-electron chi connectivity index (χ2n) is 9.17. The van der Waals surface area contributed by atoms with Crippen LogP contribution in [-0.2, 0) is 9.59 Å². The molecule has 0 spiro atoms. The van der Waals surface area contributed by atoms with Crippen molar-refractivity contribution < 1.29 is 18.7 Å². The molecule has 0 saturated heterocycles. The van der Waals surface area contributed by atoms with Crippen LogP contribution in [0.1, 0.15) is 45.1 Å². The number of benzene rings is 2. The minimum absolute atomic E-state index is 0.0381. The number of hydrogen-bond donors (Lipinski definition) is 2. The molecule has 2 N–H and O–H groups in total. The quantitative estimate of drug-likeness (QED) is 0.705. The van der Waals surface area contributed by atoms with Crippen LogP contribution in [0.4, 0.5) is 10.1 Å². The van der Waals surface area contributed by atoms with E-state index in [2.05, 4.69) is 24.5 Å². The number of ketones is 1. The second kappa shape index (κ2) is 8.26. The zero-order valence-electron chi connectivity index (χ0n) is 18.7. The van der Waals surface area contributed by atoms with Crippen molar-refractivity contribution in [3.05, 3.63) is 82.5 Å². The molecule has 2 aromatic rings. The summed E-state index contributed by atoms with van der Waals surface area (Å²) in [6.45, 7) is 6.00. The van der Waals surface area contributed by atoms with Gasteiger partial charge in [0, 0.05) is 40.6 Å². The Kier molecular flexibility index (Phi) is 5.63. The zero-order chi connectivity index (χ0) is 23.0. The number of rotatable bonds is 4. The lowest BCUT2D eigenvalue weighted by atomic mass is 9.68. The summed E-state index contributed by atoms with van der Waals surface area (Å²) in [4.78, 5) is 26.8. The summed E-state index contributed by atoms with van der Waals surface area (Å²) in [7, 11) is 1.59. The van der Waals surface area contributed by atoms with Gasteiger partial charge in [-0.3, -0.25) is 9.59 Å². The molecule has 32 heavy (non-hydrogen) atoms. The molecule has 1 atom stereocenters. The fourth-order valence-corrected chi connectivity index (χ4v) is 4.62. The fourth-order valence-electron chi connectivity index (χ4n) is 4.62. The van der Waals surface area contributed by atoms with E-state index in [-0.39, 0.29) is 22.9 Å². The van der Waals surface area contributed by atoms with Gasteiger partial charge in [0.25, 0.3) is 5.91 Å². The molecule has 0 fully saturated rings. The maximum absolute atomic E-state index is 13.4. The van der Waals surface area contributed by atoms with E-state index in [1.165, 1.54) is 24.3 Å². The standard InChI is InChI=1S/C26H27FN2O3/c1-15-22(25(31)29-18-10-8-17(27)9-11-18)23(16-6-5-7-19(12-16)32-4)24-20(28-15)13-26(2,3)14-21(24)30/h5-12,23,28H,13-14H2,1-4H3,(H,29,31)/t23-/m1/s1. The van der Waals surface area contributed by atoms with Gasteiger partial charge in [0.2, 0.25) is 0 Å². The number of hydrogen-bond acceptors (Lipinski definition) is 4. The summed E-state index contributed by atoms with van der Waals surface area (Å²) in [5, 5.41) is 6.20. The molecule has 2 aromatic carbocycles. The molecule has 5 nitrogen and oxygen atoms in total. The molecule has 4 rings (SSSR count). The van der Waals surface area contributed by atoms with Crippen molar-refractivity contribution in [2.24, 2.45) is 5.41 Å². The number of methoxy groups -OCH3 is 1. The Hall–Kier alpha value is -3.41. The smallest absolute Gasteiger partial charge is 0.254 e. The van der Waals surface area contributed by atoms with E-state index in [0.717, 1.165) is 17.7 Å². The molecular formula is C26H27FN2O3. The van der Waals surface area contributed by atoms with E-state index in [1.54, 1.807) is 7.11 Å². The van der Waals surface area contributed by atoms with E-state index in [4.69, 9.17) is 4.74 Å². The van der Waals surface area contributed by atoms with Gasteiger partial charge in [-0.2, -0.15) is 0 Å². The highest BCUT2D eigenvalue weighted by atomic mass is 19.1. The van der Waals surface area contributed by atoms with Crippen molar-refractivity contribution >= 4 is 17.4 Å². The number of anilines is 1. The summed E-state index contributed by atoms with van der Waals surface area (Å²) in [5.74, 6) is -0.542. The first kappa shape index (κ1) is 21.8. The molecule has 1 aliphatic carbocycles. The molecule has 0 saturated carbocycles. The monoisotopic (exact) mass is 434 g/mol. The summed E-state index contributed by atoms with van der Waals surface area (Å²) >= 11 is 0. The highest BCUT2D eigenvalue weighted by Crippen LogP contribution is 2.47.